The van der Waals surface area contributed by atoms with Crippen molar-refractivity contribution in [2.24, 2.45) is 0 Å². The van der Waals surface area contributed by atoms with Crippen molar-refractivity contribution in [2.75, 3.05) is 33.2 Å². The maximum atomic E-state index is 11.6. The number of hydrogen-bond acceptors (Lipinski definition) is 3. The first-order chi connectivity index (χ1) is 9.08. The summed E-state index contributed by atoms with van der Waals surface area (Å²) in [7, 11) is 1.77. The van der Waals surface area contributed by atoms with E-state index in [1.807, 2.05) is 35.2 Å². The smallest absolute Gasteiger partial charge is 0.312 e. The van der Waals surface area contributed by atoms with Crippen LogP contribution in [0.3, 0.4) is 0 Å². The second-order valence-corrected chi connectivity index (χ2v) is 4.85. The molecule has 0 saturated carbocycles. The summed E-state index contributed by atoms with van der Waals surface area (Å²) in [5, 5.41) is 9.35. The molecule has 1 unspecified atom stereocenters. The highest BCUT2D eigenvalue weighted by Gasteiger charge is 2.27. The van der Waals surface area contributed by atoms with Crippen molar-refractivity contribution in [3.63, 3.8) is 0 Å². The lowest BCUT2D eigenvalue weighted by molar-refractivity contribution is -0.141. The lowest BCUT2D eigenvalue weighted by atomic mass is 9.98. The van der Waals surface area contributed by atoms with E-state index in [1.165, 1.54) is 0 Å². The van der Waals surface area contributed by atoms with Gasteiger partial charge in [0.15, 0.2) is 0 Å². The molecule has 1 saturated heterocycles. The van der Waals surface area contributed by atoms with Gasteiger partial charge >= 0.3 is 5.97 Å². The van der Waals surface area contributed by atoms with Crippen LogP contribution in [0.15, 0.2) is 30.3 Å². The first-order valence-electron chi connectivity index (χ1n) is 6.32. The van der Waals surface area contributed by atoms with Crippen molar-refractivity contribution in [1.29, 1.82) is 0 Å². The molecular weight excluding hydrogens is 244 g/mol. The van der Waals surface area contributed by atoms with E-state index in [2.05, 4.69) is 0 Å². The highest BCUT2D eigenvalue weighted by Crippen LogP contribution is 2.18. The average Bonchev–Trinajstić information content (AvgIpc) is 2.40. The second-order valence-electron chi connectivity index (χ2n) is 4.85. The number of benzene rings is 1. The van der Waals surface area contributed by atoms with E-state index in [9.17, 15) is 14.7 Å². The Bertz CT molecular complexity index is 461. The van der Waals surface area contributed by atoms with Crippen LogP contribution in [0.4, 0.5) is 0 Å². The number of carbonyl (C=O) groups is 2. The minimum absolute atomic E-state index is 0.0449. The van der Waals surface area contributed by atoms with Crippen LogP contribution >= 0.6 is 0 Å². The van der Waals surface area contributed by atoms with Crippen LogP contribution in [0, 0.1) is 0 Å². The fourth-order valence-corrected chi connectivity index (χ4v) is 2.23. The van der Waals surface area contributed by atoms with E-state index in [-0.39, 0.29) is 5.91 Å². The van der Waals surface area contributed by atoms with Crippen molar-refractivity contribution in [2.45, 2.75) is 5.92 Å². The summed E-state index contributed by atoms with van der Waals surface area (Å²) in [6, 6.07) is 9.16. The van der Waals surface area contributed by atoms with Crippen LogP contribution in [0.2, 0.25) is 0 Å². The summed E-state index contributed by atoms with van der Waals surface area (Å²) in [4.78, 5) is 26.6. The Morgan fingerprint density at radius 1 is 1.32 bits per heavy atom. The quantitative estimate of drug-likeness (QED) is 0.864. The topological polar surface area (TPSA) is 60.9 Å². The fourth-order valence-electron chi connectivity index (χ4n) is 2.23. The molecule has 102 valence electrons. The standard InChI is InChI=1S/C14H18N2O3/c1-15-7-8-16(10-13(15)17)9-12(14(18)19)11-5-3-2-4-6-11/h2-6,12H,7-10H2,1H3,(H,18,19). The molecule has 5 heteroatoms. The Morgan fingerprint density at radius 2 is 2.00 bits per heavy atom. The van der Waals surface area contributed by atoms with Crippen LogP contribution in [0.5, 0.6) is 0 Å². The third kappa shape index (κ3) is 3.32. The van der Waals surface area contributed by atoms with Crippen LogP contribution < -0.4 is 0 Å². The van der Waals surface area contributed by atoms with Crippen LogP contribution in [-0.4, -0.2) is 60.0 Å². The molecule has 1 N–H and O–H groups in total. The Balaban J connectivity index is 2.06. The number of piperazine rings is 1. The predicted octanol–water partition coefficient (Wildman–Crippen LogP) is 0.629. The molecule has 1 atom stereocenters. The average molecular weight is 262 g/mol. The molecule has 1 aliphatic rings. The lowest BCUT2D eigenvalue weighted by Crippen LogP contribution is -2.50. The highest BCUT2D eigenvalue weighted by atomic mass is 16.4. The van der Waals surface area contributed by atoms with Gasteiger partial charge in [-0.1, -0.05) is 30.3 Å². The Morgan fingerprint density at radius 3 is 2.58 bits per heavy atom. The highest BCUT2D eigenvalue weighted by molar-refractivity contribution is 5.79. The van der Waals surface area contributed by atoms with Gasteiger partial charge in [0.1, 0.15) is 0 Å². The molecule has 0 radical (unpaired) electrons. The molecule has 1 heterocycles. The zero-order valence-corrected chi connectivity index (χ0v) is 11.0. The molecule has 5 nitrogen and oxygen atoms in total. The number of rotatable bonds is 4. The second kappa shape index (κ2) is 5.84. The van der Waals surface area contributed by atoms with Crippen LogP contribution in [0.1, 0.15) is 11.5 Å². The number of carboxylic acid groups (broad SMARTS) is 1. The van der Waals surface area contributed by atoms with Gasteiger partial charge in [-0.2, -0.15) is 0 Å². The van der Waals surface area contributed by atoms with Gasteiger partial charge in [-0.25, -0.2) is 0 Å². The minimum Gasteiger partial charge on any atom is -0.481 e. The van der Waals surface area contributed by atoms with Gasteiger partial charge < -0.3 is 10.0 Å². The number of likely N-dealkylation sites (N-methyl/N-ethyl adjacent to an activating group) is 1. The van der Waals surface area contributed by atoms with Crippen LogP contribution in [0.25, 0.3) is 0 Å². The number of hydrogen-bond donors (Lipinski definition) is 1. The molecule has 1 aromatic carbocycles. The van der Waals surface area contributed by atoms with Gasteiger partial charge in [-0.05, 0) is 5.56 Å². The summed E-state index contributed by atoms with van der Waals surface area (Å²) >= 11 is 0. The van der Waals surface area contributed by atoms with E-state index in [1.54, 1.807) is 11.9 Å². The predicted molar refractivity (Wildman–Crippen MR) is 70.9 cm³/mol. The van der Waals surface area contributed by atoms with Gasteiger partial charge in [0.2, 0.25) is 5.91 Å². The summed E-state index contributed by atoms with van der Waals surface area (Å²) in [5.41, 5.74) is 0.779. The summed E-state index contributed by atoms with van der Waals surface area (Å²) < 4.78 is 0. The lowest BCUT2D eigenvalue weighted by Gasteiger charge is -2.33. The summed E-state index contributed by atoms with van der Waals surface area (Å²) in [6.45, 7) is 2.05. The molecule has 0 aliphatic carbocycles. The van der Waals surface area contributed by atoms with Crippen molar-refractivity contribution >= 4 is 11.9 Å². The monoisotopic (exact) mass is 262 g/mol. The van der Waals surface area contributed by atoms with Gasteiger partial charge in [0.05, 0.1) is 12.5 Å². The number of nitrogens with zero attached hydrogens (tertiary/aromatic N) is 2. The largest absolute Gasteiger partial charge is 0.481 e. The zero-order chi connectivity index (χ0) is 13.8. The number of carboxylic acids is 1. The Kier molecular flexibility index (Phi) is 4.16. The SMILES string of the molecule is CN1CCN(CC(C(=O)O)c2ccccc2)CC1=O. The van der Waals surface area contributed by atoms with Crippen LogP contribution in [-0.2, 0) is 9.59 Å². The minimum atomic E-state index is -0.849. The molecule has 0 aromatic heterocycles. The molecule has 0 bridgehead atoms. The van der Waals surface area contributed by atoms with Crippen molar-refractivity contribution in [3.05, 3.63) is 35.9 Å². The van der Waals surface area contributed by atoms with E-state index in [0.29, 0.717) is 19.6 Å². The third-order valence-electron chi connectivity index (χ3n) is 3.48. The third-order valence-corrected chi connectivity index (χ3v) is 3.48. The zero-order valence-electron chi connectivity index (χ0n) is 11.0. The van der Waals surface area contributed by atoms with Crippen molar-refractivity contribution < 1.29 is 14.7 Å². The number of aliphatic carboxylic acids is 1. The first kappa shape index (κ1) is 13.5. The number of carbonyl (C=O) groups excluding carboxylic acids is 1. The maximum absolute atomic E-state index is 11.6. The summed E-state index contributed by atoms with van der Waals surface area (Å²) in [6.07, 6.45) is 0. The molecule has 1 aromatic rings. The molecule has 1 fully saturated rings. The molecule has 19 heavy (non-hydrogen) atoms. The maximum Gasteiger partial charge on any atom is 0.312 e. The number of amides is 1. The van der Waals surface area contributed by atoms with E-state index in [0.717, 1.165) is 12.1 Å². The van der Waals surface area contributed by atoms with Gasteiger partial charge in [0, 0.05) is 26.7 Å². The molecule has 0 spiro atoms. The Labute approximate surface area is 112 Å². The van der Waals surface area contributed by atoms with E-state index < -0.39 is 11.9 Å². The van der Waals surface area contributed by atoms with Crippen molar-refractivity contribution in [1.82, 2.24) is 9.80 Å². The molecule has 1 amide bonds. The molecular formula is C14H18N2O3. The van der Waals surface area contributed by atoms with Crippen molar-refractivity contribution in [3.8, 4) is 0 Å². The van der Waals surface area contributed by atoms with Gasteiger partial charge in [-0.15, -0.1) is 0 Å². The normalized spacial score (nSPS) is 18.4. The van der Waals surface area contributed by atoms with Gasteiger partial charge in [-0.3, -0.25) is 14.5 Å². The summed E-state index contributed by atoms with van der Waals surface area (Å²) in [5.74, 6) is -1.39. The fraction of sp³-hybridized carbons (Fsp3) is 0.429. The first-order valence-corrected chi connectivity index (χ1v) is 6.32. The molecule has 1 aliphatic heterocycles. The Hall–Kier alpha value is -1.88. The van der Waals surface area contributed by atoms with Gasteiger partial charge in [0.25, 0.3) is 0 Å². The van der Waals surface area contributed by atoms with E-state index >= 15 is 0 Å². The van der Waals surface area contributed by atoms with E-state index in [4.69, 9.17) is 0 Å². The molecule has 2 rings (SSSR count).